The summed E-state index contributed by atoms with van der Waals surface area (Å²) < 4.78 is 18.9. The van der Waals surface area contributed by atoms with Gasteiger partial charge in [-0.15, -0.1) is 0 Å². The van der Waals surface area contributed by atoms with Crippen LogP contribution >= 0.6 is 0 Å². The van der Waals surface area contributed by atoms with Gasteiger partial charge in [0.1, 0.15) is 6.61 Å². The lowest BCUT2D eigenvalue weighted by Crippen LogP contribution is -1.99. The van der Waals surface area contributed by atoms with Crippen molar-refractivity contribution in [3.05, 3.63) is 58.9 Å². The first-order valence-corrected chi connectivity index (χ1v) is 5.80. The van der Waals surface area contributed by atoms with Crippen molar-refractivity contribution in [2.75, 3.05) is 5.73 Å². The molecule has 0 saturated carbocycles. The van der Waals surface area contributed by atoms with Gasteiger partial charge in [0.2, 0.25) is 0 Å². The van der Waals surface area contributed by atoms with Crippen molar-refractivity contribution >= 4 is 5.69 Å². The number of hydrogen-bond acceptors (Lipinski definition) is 2. The van der Waals surface area contributed by atoms with E-state index in [4.69, 9.17) is 10.5 Å². The molecule has 2 nitrogen and oxygen atoms in total. The van der Waals surface area contributed by atoms with Crippen LogP contribution in [-0.4, -0.2) is 0 Å². The van der Waals surface area contributed by atoms with Gasteiger partial charge in [0.25, 0.3) is 0 Å². The van der Waals surface area contributed by atoms with E-state index >= 15 is 0 Å². The quantitative estimate of drug-likeness (QED) is 0.838. The molecule has 2 aromatic carbocycles. The minimum atomic E-state index is -0.432. The van der Waals surface area contributed by atoms with E-state index in [0.717, 1.165) is 5.56 Å². The number of hydrogen-bond donors (Lipinski definition) is 1. The van der Waals surface area contributed by atoms with Crippen molar-refractivity contribution in [3.63, 3.8) is 0 Å². The number of rotatable bonds is 3. The SMILES string of the molecule is Cc1ccc(COc2ccc(N)cc2F)cc1C. The molecule has 0 bridgehead atoms. The number of aryl methyl sites for hydroxylation is 2. The number of benzene rings is 2. The molecule has 18 heavy (non-hydrogen) atoms. The van der Waals surface area contributed by atoms with E-state index in [9.17, 15) is 4.39 Å². The number of anilines is 1. The van der Waals surface area contributed by atoms with Crippen molar-refractivity contribution in [1.82, 2.24) is 0 Å². The van der Waals surface area contributed by atoms with Gasteiger partial charge in [-0.25, -0.2) is 4.39 Å². The molecule has 2 N–H and O–H groups in total. The zero-order chi connectivity index (χ0) is 13.1. The highest BCUT2D eigenvalue weighted by Crippen LogP contribution is 2.21. The largest absolute Gasteiger partial charge is 0.486 e. The molecule has 2 aromatic rings. The topological polar surface area (TPSA) is 35.2 Å². The highest BCUT2D eigenvalue weighted by Gasteiger charge is 2.04. The Labute approximate surface area is 106 Å². The third-order valence-electron chi connectivity index (χ3n) is 2.92. The molecule has 0 atom stereocenters. The molecular formula is C15H16FNO. The lowest BCUT2D eigenvalue weighted by atomic mass is 10.1. The fourth-order valence-corrected chi connectivity index (χ4v) is 1.69. The lowest BCUT2D eigenvalue weighted by molar-refractivity contribution is 0.290. The van der Waals surface area contributed by atoms with Crippen molar-refractivity contribution in [2.24, 2.45) is 0 Å². The minimum absolute atomic E-state index is 0.224. The van der Waals surface area contributed by atoms with Crippen molar-refractivity contribution in [2.45, 2.75) is 20.5 Å². The van der Waals surface area contributed by atoms with Crippen LogP contribution in [0.2, 0.25) is 0 Å². The fraction of sp³-hybridized carbons (Fsp3) is 0.200. The molecule has 2 rings (SSSR count). The first kappa shape index (κ1) is 12.4. The van der Waals surface area contributed by atoms with Gasteiger partial charge in [0.05, 0.1) is 0 Å². The van der Waals surface area contributed by atoms with E-state index in [1.165, 1.54) is 17.2 Å². The molecule has 0 spiro atoms. The molecule has 0 saturated heterocycles. The Morgan fingerprint density at radius 1 is 1.06 bits per heavy atom. The van der Waals surface area contributed by atoms with Crippen LogP contribution in [0.3, 0.4) is 0 Å². The molecule has 0 heterocycles. The molecule has 0 aliphatic rings. The number of nitrogen functional groups attached to an aromatic ring is 1. The molecule has 0 unspecified atom stereocenters. The van der Waals surface area contributed by atoms with E-state index < -0.39 is 5.82 Å². The van der Waals surface area contributed by atoms with E-state index in [2.05, 4.69) is 6.92 Å². The average Bonchev–Trinajstić information content (AvgIpc) is 2.32. The zero-order valence-corrected chi connectivity index (χ0v) is 10.5. The molecule has 0 aliphatic heterocycles. The summed E-state index contributed by atoms with van der Waals surface area (Å²) in [5, 5.41) is 0. The smallest absolute Gasteiger partial charge is 0.167 e. The van der Waals surface area contributed by atoms with Crippen LogP contribution in [0.15, 0.2) is 36.4 Å². The maximum absolute atomic E-state index is 13.5. The third kappa shape index (κ3) is 2.80. The molecule has 0 amide bonds. The minimum Gasteiger partial charge on any atom is -0.486 e. The van der Waals surface area contributed by atoms with Gasteiger partial charge in [-0.2, -0.15) is 0 Å². The highest BCUT2D eigenvalue weighted by atomic mass is 19.1. The molecular weight excluding hydrogens is 229 g/mol. The van der Waals surface area contributed by atoms with Crippen molar-refractivity contribution in [3.8, 4) is 5.75 Å². The van der Waals surface area contributed by atoms with Gasteiger partial charge >= 0.3 is 0 Å². The summed E-state index contributed by atoms with van der Waals surface area (Å²) in [5.74, 6) is -0.207. The molecule has 0 fully saturated rings. The van der Waals surface area contributed by atoms with Gasteiger partial charge in [0, 0.05) is 11.8 Å². The van der Waals surface area contributed by atoms with Crippen LogP contribution in [0.5, 0.6) is 5.75 Å². The fourth-order valence-electron chi connectivity index (χ4n) is 1.69. The van der Waals surface area contributed by atoms with Crippen LogP contribution in [-0.2, 0) is 6.61 Å². The summed E-state index contributed by atoms with van der Waals surface area (Å²) >= 11 is 0. The predicted molar refractivity (Wildman–Crippen MR) is 71.1 cm³/mol. The van der Waals surface area contributed by atoms with Gasteiger partial charge in [-0.3, -0.25) is 0 Å². The van der Waals surface area contributed by atoms with E-state index in [-0.39, 0.29) is 5.75 Å². The number of halogens is 1. The Morgan fingerprint density at radius 3 is 2.50 bits per heavy atom. The molecule has 0 radical (unpaired) electrons. The number of ether oxygens (including phenoxy) is 1. The standard InChI is InChI=1S/C15H16FNO/c1-10-3-4-12(7-11(10)2)9-18-15-6-5-13(17)8-14(15)16/h3-8H,9,17H2,1-2H3. The second kappa shape index (κ2) is 5.08. The monoisotopic (exact) mass is 245 g/mol. The molecule has 0 aromatic heterocycles. The maximum atomic E-state index is 13.5. The molecule has 3 heteroatoms. The Bertz CT molecular complexity index is 566. The summed E-state index contributed by atoms with van der Waals surface area (Å²) in [7, 11) is 0. The van der Waals surface area contributed by atoms with E-state index in [1.807, 2.05) is 25.1 Å². The van der Waals surface area contributed by atoms with Crippen LogP contribution in [0.1, 0.15) is 16.7 Å². The Kier molecular flexibility index (Phi) is 3.51. The third-order valence-corrected chi connectivity index (χ3v) is 2.92. The van der Waals surface area contributed by atoms with Gasteiger partial charge in [0.15, 0.2) is 11.6 Å². The second-order valence-corrected chi connectivity index (χ2v) is 4.40. The second-order valence-electron chi connectivity index (χ2n) is 4.40. The Hall–Kier alpha value is -2.03. The Morgan fingerprint density at radius 2 is 1.83 bits per heavy atom. The predicted octanol–water partition coefficient (Wildman–Crippen LogP) is 3.60. The lowest BCUT2D eigenvalue weighted by Gasteiger charge is -2.09. The molecule has 0 aliphatic carbocycles. The van der Waals surface area contributed by atoms with Crippen LogP contribution in [0.25, 0.3) is 0 Å². The van der Waals surface area contributed by atoms with Gasteiger partial charge in [-0.05, 0) is 42.7 Å². The van der Waals surface area contributed by atoms with Crippen LogP contribution in [0.4, 0.5) is 10.1 Å². The normalized spacial score (nSPS) is 10.4. The van der Waals surface area contributed by atoms with Crippen molar-refractivity contribution in [1.29, 1.82) is 0 Å². The van der Waals surface area contributed by atoms with E-state index in [1.54, 1.807) is 12.1 Å². The Balaban J connectivity index is 2.09. The summed E-state index contributed by atoms with van der Waals surface area (Å²) in [6, 6.07) is 10.5. The van der Waals surface area contributed by atoms with Crippen LogP contribution in [0, 0.1) is 19.7 Å². The number of nitrogens with two attached hydrogens (primary N) is 1. The van der Waals surface area contributed by atoms with Crippen molar-refractivity contribution < 1.29 is 9.13 Å². The van der Waals surface area contributed by atoms with E-state index in [0.29, 0.717) is 12.3 Å². The van der Waals surface area contributed by atoms with Gasteiger partial charge in [-0.1, -0.05) is 18.2 Å². The maximum Gasteiger partial charge on any atom is 0.167 e. The first-order chi connectivity index (χ1) is 8.56. The highest BCUT2D eigenvalue weighted by molar-refractivity contribution is 5.43. The summed E-state index contributed by atoms with van der Waals surface area (Å²) in [6.07, 6.45) is 0. The van der Waals surface area contributed by atoms with Gasteiger partial charge < -0.3 is 10.5 Å². The molecule has 94 valence electrons. The average molecular weight is 245 g/mol. The summed E-state index contributed by atoms with van der Waals surface area (Å²) in [5.41, 5.74) is 9.33. The van der Waals surface area contributed by atoms with Crippen LogP contribution < -0.4 is 10.5 Å². The summed E-state index contributed by atoms with van der Waals surface area (Å²) in [4.78, 5) is 0. The zero-order valence-electron chi connectivity index (χ0n) is 10.5. The first-order valence-electron chi connectivity index (χ1n) is 5.80. The summed E-state index contributed by atoms with van der Waals surface area (Å²) in [6.45, 7) is 4.45.